The van der Waals surface area contributed by atoms with Gasteiger partial charge in [0.05, 0.1) is 20.3 Å². The van der Waals surface area contributed by atoms with Gasteiger partial charge in [-0.05, 0) is 12.1 Å². The van der Waals surface area contributed by atoms with Crippen LogP contribution in [0.15, 0.2) is 24.3 Å². The van der Waals surface area contributed by atoms with E-state index in [1.165, 1.54) is 0 Å². The Morgan fingerprint density at radius 1 is 1.27 bits per heavy atom. The van der Waals surface area contributed by atoms with Crippen molar-refractivity contribution in [2.75, 3.05) is 51.8 Å². The van der Waals surface area contributed by atoms with Crippen LogP contribution in [0.5, 0.6) is 5.75 Å². The number of hydrogen-bond donors (Lipinski definition) is 2. The number of hydrogen-bond acceptors (Lipinski definition) is 5. The largest absolute Gasteiger partial charge is 0.497 e. The van der Waals surface area contributed by atoms with Crippen LogP contribution in [0.1, 0.15) is 0 Å². The van der Waals surface area contributed by atoms with Gasteiger partial charge < -0.3 is 20.1 Å². The zero-order chi connectivity index (χ0) is 15.8. The van der Waals surface area contributed by atoms with E-state index in [1.54, 1.807) is 31.4 Å². The van der Waals surface area contributed by atoms with Gasteiger partial charge in [0, 0.05) is 37.9 Å². The second-order valence-electron chi connectivity index (χ2n) is 4.90. The molecule has 2 rings (SSSR count). The van der Waals surface area contributed by atoms with Gasteiger partial charge in [-0.25, -0.2) is 0 Å². The van der Waals surface area contributed by atoms with E-state index in [0.29, 0.717) is 37.7 Å². The Bertz CT molecular complexity index is 515. The van der Waals surface area contributed by atoms with E-state index in [9.17, 15) is 9.59 Å². The Kier molecular flexibility index (Phi) is 6.17. The minimum absolute atomic E-state index is 0.435. The molecule has 0 atom stereocenters. The molecule has 2 amide bonds. The summed E-state index contributed by atoms with van der Waals surface area (Å²) in [6, 6.07) is 6.85. The van der Waals surface area contributed by atoms with Crippen LogP contribution in [0.25, 0.3) is 0 Å². The van der Waals surface area contributed by atoms with E-state index in [0.717, 1.165) is 13.1 Å². The zero-order valence-electron chi connectivity index (χ0n) is 12.6. The molecule has 1 aromatic rings. The summed E-state index contributed by atoms with van der Waals surface area (Å²) in [6.07, 6.45) is 0. The number of rotatable bonds is 5. The number of benzene rings is 1. The quantitative estimate of drug-likeness (QED) is 0.753. The Morgan fingerprint density at radius 2 is 2.05 bits per heavy atom. The van der Waals surface area contributed by atoms with Crippen LogP contribution in [0, 0.1) is 0 Å². The van der Waals surface area contributed by atoms with Gasteiger partial charge in [-0.15, -0.1) is 0 Å². The highest BCUT2D eigenvalue weighted by Crippen LogP contribution is 2.16. The Morgan fingerprint density at radius 3 is 2.77 bits per heavy atom. The number of anilines is 1. The molecule has 0 bridgehead atoms. The highest BCUT2D eigenvalue weighted by Gasteiger charge is 2.15. The van der Waals surface area contributed by atoms with Gasteiger partial charge in [-0.1, -0.05) is 6.07 Å². The lowest BCUT2D eigenvalue weighted by atomic mass is 10.3. The lowest BCUT2D eigenvalue weighted by Crippen LogP contribution is -2.43. The van der Waals surface area contributed by atoms with Gasteiger partial charge in [-0.3, -0.25) is 14.5 Å². The third-order valence-corrected chi connectivity index (χ3v) is 3.35. The third kappa shape index (κ3) is 5.01. The van der Waals surface area contributed by atoms with Crippen molar-refractivity contribution in [2.45, 2.75) is 0 Å². The predicted octanol–water partition coefficient (Wildman–Crippen LogP) is 0.0821. The summed E-state index contributed by atoms with van der Waals surface area (Å²) in [4.78, 5) is 25.7. The molecule has 0 unspecified atom stereocenters. The van der Waals surface area contributed by atoms with Crippen molar-refractivity contribution in [1.29, 1.82) is 0 Å². The average molecular weight is 307 g/mol. The number of ether oxygens (including phenoxy) is 2. The lowest BCUT2D eigenvalue weighted by Gasteiger charge is -2.26. The molecule has 1 aromatic carbocycles. The van der Waals surface area contributed by atoms with Crippen molar-refractivity contribution in [3.63, 3.8) is 0 Å². The summed E-state index contributed by atoms with van der Waals surface area (Å²) in [7, 11) is 1.54. The second-order valence-corrected chi connectivity index (χ2v) is 4.90. The molecule has 0 aromatic heterocycles. The molecule has 0 radical (unpaired) electrons. The molecule has 0 spiro atoms. The highest BCUT2D eigenvalue weighted by molar-refractivity contribution is 6.39. The van der Waals surface area contributed by atoms with Crippen molar-refractivity contribution < 1.29 is 19.1 Å². The molecule has 0 saturated carbocycles. The maximum Gasteiger partial charge on any atom is 0.313 e. The first-order chi connectivity index (χ1) is 10.7. The first-order valence-electron chi connectivity index (χ1n) is 7.22. The Balaban J connectivity index is 1.73. The topological polar surface area (TPSA) is 79.9 Å². The summed E-state index contributed by atoms with van der Waals surface area (Å²) in [5.74, 6) is -0.711. The van der Waals surface area contributed by atoms with Crippen LogP contribution < -0.4 is 15.4 Å². The molecule has 2 N–H and O–H groups in total. The fourth-order valence-corrected chi connectivity index (χ4v) is 2.12. The van der Waals surface area contributed by atoms with Crippen molar-refractivity contribution in [2.24, 2.45) is 0 Å². The number of morpholine rings is 1. The molecule has 7 nitrogen and oxygen atoms in total. The van der Waals surface area contributed by atoms with E-state index in [2.05, 4.69) is 15.5 Å². The number of nitrogens with one attached hydrogen (secondary N) is 2. The van der Waals surface area contributed by atoms with Crippen LogP contribution in [-0.4, -0.2) is 63.2 Å². The average Bonchev–Trinajstić information content (AvgIpc) is 2.56. The fourth-order valence-electron chi connectivity index (χ4n) is 2.12. The smallest absolute Gasteiger partial charge is 0.313 e. The number of carbonyl (C=O) groups excluding carboxylic acids is 2. The molecule has 22 heavy (non-hydrogen) atoms. The number of amides is 2. The summed E-state index contributed by atoms with van der Waals surface area (Å²) in [5.41, 5.74) is 0.521. The number of nitrogens with zero attached hydrogens (tertiary/aromatic N) is 1. The second kappa shape index (κ2) is 8.35. The van der Waals surface area contributed by atoms with Crippen LogP contribution in [0.3, 0.4) is 0 Å². The van der Waals surface area contributed by atoms with E-state index >= 15 is 0 Å². The van der Waals surface area contributed by atoms with Gasteiger partial charge in [0.1, 0.15) is 5.75 Å². The summed E-state index contributed by atoms with van der Waals surface area (Å²) < 4.78 is 10.3. The molecule has 1 aliphatic heterocycles. The van der Waals surface area contributed by atoms with Crippen molar-refractivity contribution >= 4 is 17.5 Å². The van der Waals surface area contributed by atoms with E-state index in [4.69, 9.17) is 9.47 Å². The van der Waals surface area contributed by atoms with Gasteiger partial charge in [0.15, 0.2) is 0 Å². The minimum atomic E-state index is -0.685. The zero-order valence-corrected chi connectivity index (χ0v) is 12.6. The lowest BCUT2D eigenvalue weighted by molar-refractivity contribution is -0.136. The van der Waals surface area contributed by atoms with E-state index in [1.807, 2.05) is 0 Å². The summed E-state index contributed by atoms with van der Waals surface area (Å²) in [5, 5.41) is 5.15. The van der Waals surface area contributed by atoms with Crippen LogP contribution >= 0.6 is 0 Å². The molecule has 1 heterocycles. The Labute approximate surface area is 129 Å². The first-order valence-corrected chi connectivity index (χ1v) is 7.22. The third-order valence-electron chi connectivity index (χ3n) is 3.35. The number of methoxy groups -OCH3 is 1. The molecular weight excluding hydrogens is 286 g/mol. The maximum absolute atomic E-state index is 11.8. The molecular formula is C15H21N3O4. The van der Waals surface area contributed by atoms with Crippen molar-refractivity contribution in [3.05, 3.63) is 24.3 Å². The SMILES string of the molecule is COc1cccc(NC(=O)C(=O)NCCN2CCOCC2)c1. The van der Waals surface area contributed by atoms with Crippen LogP contribution in [0.2, 0.25) is 0 Å². The van der Waals surface area contributed by atoms with Crippen LogP contribution in [-0.2, 0) is 14.3 Å². The van der Waals surface area contributed by atoms with E-state index < -0.39 is 11.8 Å². The van der Waals surface area contributed by atoms with Crippen molar-refractivity contribution in [3.8, 4) is 5.75 Å². The van der Waals surface area contributed by atoms with Crippen LogP contribution in [0.4, 0.5) is 5.69 Å². The predicted molar refractivity (Wildman–Crippen MR) is 81.9 cm³/mol. The van der Waals surface area contributed by atoms with Gasteiger partial charge in [0.2, 0.25) is 0 Å². The maximum atomic E-state index is 11.8. The molecule has 1 fully saturated rings. The monoisotopic (exact) mass is 307 g/mol. The molecule has 120 valence electrons. The fraction of sp³-hybridized carbons (Fsp3) is 0.467. The summed E-state index contributed by atoms with van der Waals surface area (Å²) in [6.45, 7) is 4.28. The van der Waals surface area contributed by atoms with E-state index in [-0.39, 0.29) is 0 Å². The van der Waals surface area contributed by atoms with Gasteiger partial charge in [-0.2, -0.15) is 0 Å². The van der Waals surface area contributed by atoms with Gasteiger partial charge in [0.25, 0.3) is 0 Å². The summed E-state index contributed by atoms with van der Waals surface area (Å²) >= 11 is 0. The normalized spacial score (nSPS) is 15.1. The van der Waals surface area contributed by atoms with Gasteiger partial charge >= 0.3 is 11.8 Å². The number of carbonyl (C=O) groups is 2. The first kappa shape index (κ1) is 16.3. The van der Waals surface area contributed by atoms with Crippen molar-refractivity contribution in [1.82, 2.24) is 10.2 Å². The Hall–Kier alpha value is -2.12. The standard InChI is InChI=1S/C15H21N3O4/c1-21-13-4-2-3-12(11-13)17-15(20)14(19)16-5-6-18-7-9-22-10-8-18/h2-4,11H,5-10H2,1H3,(H,16,19)(H,17,20). The minimum Gasteiger partial charge on any atom is -0.497 e. The highest BCUT2D eigenvalue weighted by atomic mass is 16.5. The molecule has 0 aliphatic carbocycles. The molecule has 1 saturated heterocycles. The molecule has 1 aliphatic rings. The molecule has 7 heteroatoms.